The van der Waals surface area contributed by atoms with E-state index in [2.05, 4.69) is 4.74 Å². The van der Waals surface area contributed by atoms with Gasteiger partial charge in [-0.1, -0.05) is 0 Å². The highest BCUT2D eigenvalue weighted by molar-refractivity contribution is 5.82. The molecule has 9 heteroatoms. The van der Waals surface area contributed by atoms with E-state index in [1.54, 1.807) is 4.90 Å². The van der Waals surface area contributed by atoms with Gasteiger partial charge in [0.15, 0.2) is 0 Å². The fourth-order valence-electron chi connectivity index (χ4n) is 2.45. The summed E-state index contributed by atoms with van der Waals surface area (Å²) in [5.41, 5.74) is -0.558. The van der Waals surface area contributed by atoms with E-state index in [4.69, 9.17) is 0 Å². The van der Waals surface area contributed by atoms with Gasteiger partial charge in [-0.25, -0.2) is 4.79 Å². The molecule has 0 spiro atoms. The Labute approximate surface area is 119 Å². The molecule has 0 aliphatic carbocycles. The van der Waals surface area contributed by atoms with E-state index in [1.165, 1.54) is 19.2 Å². The Hall–Kier alpha value is -2.71. The van der Waals surface area contributed by atoms with Crippen LogP contribution < -0.4 is 4.90 Å². The van der Waals surface area contributed by atoms with Crippen molar-refractivity contribution in [2.75, 3.05) is 18.6 Å². The minimum absolute atomic E-state index is 0.193. The van der Waals surface area contributed by atoms with E-state index in [0.717, 1.165) is 6.07 Å². The van der Waals surface area contributed by atoms with Crippen LogP contribution in [0, 0.1) is 20.2 Å². The molecule has 0 aromatic heterocycles. The maximum Gasteiger partial charge on any atom is 0.328 e. The van der Waals surface area contributed by atoms with Crippen LogP contribution >= 0.6 is 0 Å². The largest absolute Gasteiger partial charge is 0.467 e. The highest BCUT2D eigenvalue weighted by Crippen LogP contribution is 2.36. The number of carbonyl (C=O) groups is 1. The van der Waals surface area contributed by atoms with E-state index in [0.29, 0.717) is 19.4 Å². The minimum atomic E-state index is -0.696. The summed E-state index contributed by atoms with van der Waals surface area (Å²) >= 11 is 0. The van der Waals surface area contributed by atoms with E-state index in [-0.39, 0.29) is 17.1 Å². The van der Waals surface area contributed by atoms with Crippen molar-refractivity contribution in [3.63, 3.8) is 0 Å². The number of nitro benzene ring substituents is 2. The number of methoxy groups -OCH3 is 1. The molecule has 1 aliphatic rings. The van der Waals surface area contributed by atoms with Crippen molar-refractivity contribution in [2.45, 2.75) is 18.9 Å². The van der Waals surface area contributed by atoms with Crippen LogP contribution in [0.3, 0.4) is 0 Å². The summed E-state index contributed by atoms with van der Waals surface area (Å²) in [4.78, 5) is 33.8. The number of benzene rings is 1. The molecular formula is C12H13N3O6. The molecule has 2 rings (SSSR count). The number of esters is 1. The molecule has 1 atom stereocenters. The van der Waals surface area contributed by atoms with Crippen LogP contribution in [0.4, 0.5) is 17.1 Å². The van der Waals surface area contributed by atoms with Crippen LogP contribution in [0.25, 0.3) is 0 Å². The second-order valence-corrected chi connectivity index (χ2v) is 4.56. The lowest BCUT2D eigenvalue weighted by Gasteiger charge is -2.24. The van der Waals surface area contributed by atoms with Gasteiger partial charge in [-0.05, 0) is 18.9 Å². The van der Waals surface area contributed by atoms with Gasteiger partial charge in [-0.3, -0.25) is 20.2 Å². The second kappa shape index (κ2) is 5.73. The molecule has 0 bridgehead atoms. The van der Waals surface area contributed by atoms with E-state index >= 15 is 0 Å². The number of hydrogen-bond acceptors (Lipinski definition) is 7. The van der Waals surface area contributed by atoms with Crippen molar-refractivity contribution in [3.8, 4) is 0 Å². The fourth-order valence-corrected chi connectivity index (χ4v) is 2.45. The Kier molecular flexibility index (Phi) is 4.01. The maximum absolute atomic E-state index is 11.7. The number of ether oxygens (including phenoxy) is 1. The lowest BCUT2D eigenvalue weighted by molar-refractivity contribution is -0.393. The highest BCUT2D eigenvalue weighted by atomic mass is 16.6. The lowest BCUT2D eigenvalue weighted by Crippen LogP contribution is -2.37. The molecule has 1 aliphatic heterocycles. The monoisotopic (exact) mass is 295 g/mol. The van der Waals surface area contributed by atoms with Gasteiger partial charge >= 0.3 is 5.97 Å². The molecule has 1 saturated heterocycles. The van der Waals surface area contributed by atoms with Crippen molar-refractivity contribution in [1.82, 2.24) is 0 Å². The third kappa shape index (κ3) is 2.76. The summed E-state index contributed by atoms with van der Waals surface area (Å²) in [5, 5.41) is 21.9. The SMILES string of the molecule is COC(=O)[C@H]1CCCN1c1ccc([N+](=O)[O-])cc1[N+](=O)[O-]. The molecule has 1 fully saturated rings. The number of carbonyl (C=O) groups excluding carboxylic acids is 1. The quantitative estimate of drug-likeness (QED) is 0.471. The Bertz CT molecular complexity index is 603. The summed E-state index contributed by atoms with van der Waals surface area (Å²) in [5.74, 6) is -0.472. The Balaban J connectivity index is 2.45. The molecule has 0 saturated carbocycles. The first kappa shape index (κ1) is 14.7. The lowest BCUT2D eigenvalue weighted by atomic mass is 10.2. The summed E-state index contributed by atoms with van der Waals surface area (Å²) in [6, 6.07) is 2.80. The van der Waals surface area contributed by atoms with Crippen molar-refractivity contribution in [2.24, 2.45) is 0 Å². The van der Waals surface area contributed by atoms with E-state index in [9.17, 15) is 25.0 Å². The van der Waals surface area contributed by atoms with Crippen LogP contribution in [0.2, 0.25) is 0 Å². The predicted octanol–water partition coefficient (Wildman–Crippen LogP) is 1.64. The van der Waals surface area contributed by atoms with Gasteiger partial charge in [0.25, 0.3) is 11.4 Å². The Morgan fingerprint density at radius 1 is 1.33 bits per heavy atom. The molecule has 112 valence electrons. The van der Waals surface area contributed by atoms with Crippen LogP contribution in [0.15, 0.2) is 18.2 Å². The molecule has 1 aromatic carbocycles. The first-order valence-corrected chi connectivity index (χ1v) is 6.23. The molecule has 21 heavy (non-hydrogen) atoms. The summed E-state index contributed by atoms with van der Waals surface area (Å²) in [6.45, 7) is 0.457. The number of non-ortho nitro benzene ring substituents is 1. The molecule has 0 amide bonds. The molecule has 1 heterocycles. The van der Waals surface area contributed by atoms with E-state index in [1.807, 2.05) is 0 Å². The fraction of sp³-hybridized carbons (Fsp3) is 0.417. The third-order valence-corrected chi connectivity index (χ3v) is 3.40. The van der Waals surface area contributed by atoms with Gasteiger partial charge in [-0.15, -0.1) is 0 Å². The van der Waals surface area contributed by atoms with Crippen molar-refractivity contribution in [1.29, 1.82) is 0 Å². The number of nitrogens with zero attached hydrogens (tertiary/aromatic N) is 3. The van der Waals surface area contributed by atoms with Crippen molar-refractivity contribution < 1.29 is 19.4 Å². The van der Waals surface area contributed by atoms with Crippen LogP contribution in [0.1, 0.15) is 12.8 Å². The zero-order valence-corrected chi connectivity index (χ0v) is 11.2. The van der Waals surface area contributed by atoms with Gasteiger partial charge < -0.3 is 9.64 Å². The second-order valence-electron chi connectivity index (χ2n) is 4.56. The van der Waals surface area contributed by atoms with Crippen LogP contribution in [-0.2, 0) is 9.53 Å². The zero-order valence-electron chi connectivity index (χ0n) is 11.2. The first-order chi connectivity index (χ1) is 9.95. The van der Waals surface area contributed by atoms with Gasteiger partial charge in [0, 0.05) is 12.6 Å². The van der Waals surface area contributed by atoms with Crippen LogP contribution in [0.5, 0.6) is 0 Å². The average Bonchev–Trinajstić information content (AvgIpc) is 2.94. The topological polar surface area (TPSA) is 116 Å². The van der Waals surface area contributed by atoms with Gasteiger partial charge in [-0.2, -0.15) is 0 Å². The van der Waals surface area contributed by atoms with E-state index < -0.39 is 21.9 Å². The maximum atomic E-state index is 11.7. The number of anilines is 1. The summed E-state index contributed by atoms with van der Waals surface area (Å²) in [6.07, 6.45) is 1.22. The van der Waals surface area contributed by atoms with Crippen molar-refractivity contribution >= 4 is 23.0 Å². The predicted molar refractivity (Wildman–Crippen MR) is 72.1 cm³/mol. The normalized spacial score (nSPS) is 17.6. The van der Waals surface area contributed by atoms with Crippen molar-refractivity contribution in [3.05, 3.63) is 38.4 Å². The summed E-state index contributed by atoms with van der Waals surface area (Å²) in [7, 11) is 1.25. The average molecular weight is 295 g/mol. The minimum Gasteiger partial charge on any atom is -0.467 e. The Morgan fingerprint density at radius 2 is 2.05 bits per heavy atom. The molecule has 9 nitrogen and oxygen atoms in total. The number of rotatable bonds is 4. The van der Waals surface area contributed by atoms with Gasteiger partial charge in [0.05, 0.1) is 23.0 Å². The first-order valence-electron chi connectivity index (χ1n) is 6.23. The molecule has 1 aromatic rings. The number of nitro groups is 2. The van der Waals surface area contributed by atoms with Gasteiger partial charge in [0.2, 0.25) is 0 Å². The number of hydrogen-bond donors (Lipinski definition) is 0. The molecular weight excluding hydrogens is 282 g/mol. The smallest absolute Gasteiger partial charge is 0.328 e. The molecule has 0 N–H and O–H groups in total. The van der Waals surface area contributed by atoms with Crippen LogP contribution in [-0.4, -0.2) is 35.5 Å². The summed E-state index contributed by atoms with van der Waals surface area (Å²) < 4.78 is 4.69. The third-order valence-electron chi connectivity index (χ3n) is 3.40. The molecule has 0 unspecified atom stereocenters. The molecule has 0 radical (unpaired) electrons. The highest BCUT2D eigenvalue weighted by Gasteiger charge is 2.35. The van der Waals surface area contributed by atoms with Gasteiger partial charge in [0.1, 0.15) is 11.7 Å². The standard InChI is InChI=1S/C12H13N3O6/c1-21-12(16)10-3-2-6-13(10)9-5-4-8(14(17)18)7-11(9)15(19)20/h4-5,7,10H,2-3,6H2,1H3/t10-/m1/s1. The Morgan fingerprint density at radius 3 is 2.62 bits per heavy atom. The zero-order chi connectivity index (χ0) is 15.6.